The highest BCUT2D eigenvalue weighted by atomic mass is 32.2. The molecule has 0 aliphatic carbocycles. The topological polar surface area (TPSA) is 75.7 Å². The third-order valence-corrected chi connectivity index (χ3v) is 4.95. The van der Waals surface area contributed by atoms with E-state index in [1.807, 2.05) is 20.8 Å². The first-order chi connectivity index (χ1) is 10.6. The number of nitrogens with zero attached hydrogens (tertiary/aromatic N) is 1. The zero-order valence-electron chi connectivity index (χ0n) is 14.0. The first kappa shape index (κ1) is 17.7. The largest absolute Gasteiger partial charge is 0.369 e. The Morgan fingerprint density at radius 1 is 1.39 bits per heavy atom. The predicted molar refractivity (Wildman–Crippen MR) is 90.1 cm³/mol. The van der Waals surface area contributed by atoms with Crippen LogP contribution in [0.1, 0.15) is 38.1 Å². The van der Waals surface area contributed by atoms with Gasteiger partial charge in [0.15, 0.2) is 0 Å². The van der Waals surface area contributed by atoms with Crippen molar-refractivity contribution in [3.05, 3.63) is 29.8 Å². The van der Waals surface area contributed by atoms with Crippen LogP contribution in [0.4, 0.5) is 5.69 Å². The number of anilines is 1. The van der Waals surface area contributed by atoms with E-state index in [0.717, 1.165) is 0 Å². The number of carbonyl (C=O) groups is 1. The number of benzene rings is 1. The maximum absolute atomic E-state index is 12.9. The third-order valence-electron chi connectivity index (χ3n) is 3.66. The average Bonchev–Trinajstić information content (AvgIpc) is 2.44. The van der Waals surface area contributed by atoms with Crippen LogP contribution in [0.25, 0.3) is 0 Å². The number of para-hydroxylation sites is 1. The van der Waals surface area contributed by atoms with Crippen molar-refractivity contribution < 1.29 is 17.9 Å². The summed E-state index contributed by atoms with van der Waals surface area (Å²) in [5.41, 5.74) is 0.247. The van der Waals surface area contributed by atoms with E-state index in [-0.39, 0.29) is 17.8 Å². The van der Waals surface area contributed by atoms with Gasteiger partial charge in [0.25, 0.3) is 5.91 Å². The normalized spacial score (nSPS) is 21.0. The fraction of sp³-hybridized carbons (Fsp3) is 0.562. The van der Waals surface area contributed by atoms with Gasteiger partial charge in [-0.2, -0.15) is 0 Å². The van der Waals surface area contributed by atoms with Crippen LogP contribution in [-0.2, 0) is 14.8 Å². The molecule has 1 heterocycles. The van der Waals surface area contributed by atoms with Gasteiger partial charge in [0, 0.05) is 13.1 Å². The minimum atomic E-state index is -3.44. The minimum absolute atomic E-state index is 0.0445. The summed E-state index contributed by atoms with van der Waals surface area (Å²) in [6.45, 7) is 8.30. The van der Waals surface area contributed by atoms with E-state index in [1.165, 1.54) is 0 Å². The molecule has 0 aromatic heterocycles. The lowest BCUT2D eigenvalue weighted by molar-refractivity contribution is -0.118. The Morgan fingerprint density at radius 2 is 2.04 bits per heavy atom. The minimum Gasteiger partial charge on any atom is -0.369 e. The molecule has 1 aliphatic rings. The summed E-state index contributed by atoms with van der Waals surface area (Å²) >= 11 is 0. The number of amides is 1. The van der Waals surface area contributed by atoms with Crippen molar-refractivity contribution in [2.75, 3.05) is 23.6 Å². The summed E-state index contributed by atoms with van der Waals surface area (Å²) in [6.07, 6.45) is -0.0674. The van der Waals surface area contributed by atoms with Crippen molar-refractivity contribution in [1.82, 2.24) is 4.90 Å². The first-order valence-electron chi connectivity index (χ1n) is 7.70. The molecule has 0 bridgehead atoms. The molecule has 1 aromatic carbocycles. The van der Waals surface area contributed by atoms with Crippen LogP contribution in [-0.4, -0.2) is 49.8 Å². The summed E-state index contributed by atoms with van der Waals surface area (Å²) in [6, 6.07) is 6.68. The molecule has 6 nitrogen and oxygen atoms in total. The molecule has 1 aliphatic heterocycles. The Hall–Kier alpha value is -1.60. The molecule has 2 rings (SSSR count). The lowest BCUT2D eigenvalue weighted by Gasteiger charge is -2.41. The van der Waals surface area contributed by atoms with E-state index in [2.05, 4.69) is 4.72 Å². The van der Waals surface area contributed by atoms with Gasteiger partial charge in [0.2, 0.25) is 10.0 Å². The number of ether oxygens (including phenoxy) is 1. The van der Waals surface area contributed by atoms with Crippen molar-refractivity contribution in [3.63, 3.8) is 0 Å². The fourth-order valence-electron chi connectivity index (χ4n) is 2.78. The van der Waals surface area contributed by atoms with Crippen LogP contribution in [0, 0.1) is 0 Å². The van der Waals surface area contributed by atoms with Crippen molar-refractivity contribution in [3.8, 4) is 0 Å². The molecule has 1 saturated heterocycles. The Bertz CT molecular complexity index is 685. The molecule has 0 unspecified atom stereocenters. The second kappa shape index (κ2) is 6.49. The number of nitrogens with one attached hydrogen (secondary N) is 1. The van der Waals surface area contributed by atoms with Crippen molar-refractivity contribution in [2.24, 2.45) is 0 Å². The molecule has 1 amide bonds. The quantitative estimate of drug-likeness (QED) is 0.910. The molecule has 128 valence electrons. The van der Waals surface area contributed by atoms with Crippen LogP contribution in [0.2, 0.25) is 0 Å². The summed E-state index contributed by atoms with van der Waals surface area (Å²) in [7, 11) is -3.44. The molecular weight excluding hydrogens is 316 g/mol. The maximum atomic E-state index is 12.9. The number of sulfonamides is 1. The lowest BCUT2D eigenvalue weighted by atomic mass is 10.0. The number of rotatable bonds is 4. The first-order valence-corrected chi connectivity index (χ1v) is 9.35. The van der Waals surface area contributed by atoms with E-state index < -0.39 is 15.6 Å². The zero-order valence-corrected chi connectivity index (χ0v) is 14.8. The van der Waals surface area contributed by atoms with E-state index >= 15 is 0 Å². The standard InChI is InChI=1S/C16H24N2O4S/c1-5-23(20,21)17-14-9-7-6-8-13(14)15(19)18-10-12(2)22-16(3,4)11-18/h6-9,12,17H,5,10-11H2,1-4H3/t12-/m1/s1. The Kier molecular flexibility index (Phi) is 5.01. The van der Waals surface area contributed by atoms with Crippen LogP contribution in [0.3, 0.4) is 0 Å². The maximum Gasteiger partial charge on any atom is 0.256 e. The highest BCUT2D eigenvalue weighted by molar-refractivity contribution is 7.92. The zero-order chi connectivity index (χ0) is 17.3. The van der Waals surface area contributed by atoms with E-state index in [1.54, 1.807) is 36.1 Å². The van der Waals surface area contributed by atoms with Crippen LogP contribution in [0.5, 0.6) is 0 Å². The molecule has 0 saturated carbocycles. The van der Waals surface area contributed by atoms with Crippen molar-refractivity contribution in [1.29, 1.82) is 0 Å². The second-order valence-corrected chi connectivity index (χ2v) is 8.44. The molecule has 1 aromatic rings. The molecular formula is C16H24N2O4S. The summed E-state index contributed by atoms with van der Waals surface area (Å²) in [5.74, 6) is -0.237. The average molecular weight is 340 g/mol. The van der Waals surface area contributed by atoms with Gasteiger partial charge >= 0.3 is 0 Å². The molecule has 7 heteroatoms. The summed E-state index contributed by atoms with van der Waals surface area (Å²) < 4.78 is 31.9. The van der Waals surface area contributed by atoms with Gasteiger partial charge in [0.05, 0.1) is 28.7 Å². The van der Waals surface area contributed by atoms with Gasteiger partial charge in [-0.1, -0.05) is 12.1 Å². The summed E-state index contributed by atoms with van der Waals surface area (Å²) in [5, 5.41) is 0. The smallest absolute Gasteiger partial charge is 0.256 e. The number of morpholine rings is 1. The Labute approximate surface area is 137 Å². The SMILES string of the molecule is CCS(=O)(=O)Nc1ccccc1C(=O)N1C[C@@H](C)OC(C)(C)C1. The van der Waals surface area contributed by atoms with Gasteiger partial charge in [-0.05, 0) is 39.8 Å². The molecule has 1 fully saturated rings. The predicted octanol–water partition coefficient (Wildman–Crippen LogP) is 2.09. The number of carbonyl (C=O) groups excluding carboxylic acids is 1. The van der Waals surface area contributed by atoms with Crippen molar-refractivity contribution in [2.45, 2.75) is 39.4 Å². The molecule has 1 N–H and O–H groups in total. The number of hydrogen-bond acceptors (Lipinski definition) is 4. The van der Waals surface area contributed by atoms with E-state index in [0.29, 0.717) is 24.3 Å². The molecule has 1 atom stereocenters. The van der Waals surface area contributed by atoms with Crippen LogP contribution < -0.4 is 4.72 Å². The Morgan fingerprint density at radius 3 is 2.65 bits per heavy atom. The fourth-order valence-corrected chi connectivity index (χ4v) is 3.43. The van der Waals surface area contributed by atoms with E-state index in [4.69, 9.17) is 4.74 Å². The highest BCUT2D eigenvalue weighted by Crippen LogP contribution is 2.25. The second-order valence-electron chi connectivity index (χ2n) is 6.42. The van der Waals surface area contributed by atoms with Crippen LogP contribution >= 0.6 is 0 Å². The van der Waals surface area contributed by atoms with Gasteiger partial charge in [-0.25, -0.2) is 8.42 Å². The van der Waals surface area contributed by atoms with E-state index in [9.17, 15) is 13.2 Å². The molecule has 23 heavy (non-hydrogen) atoms. The van der Waals surface area contributed by atoms with Crippen LogP contribution in [0.15, 0.2) is 24.3 Å². The van der Waals surface area contributed by atoms with Gasteiger partial charge in [-0.3, -0.25) is 9.52 Å². The monoisotopic (exact) mass is 340 g/mol. The number of hydrogen-bond donors (Lipinski definition) is 1. The highest BCUT2D eigenvalue weighted by Gasteiger charge is 2.34. The Balaban J connectivity index is 2.29. The van der Waals surface area contributed by atoms with Gasteiger partial charge < -0.3 is 9.64 Å². The van der Waals surface area contributed by atoms with Gasteiger partial charge in [-0.15, -0.1) is 0 Å². The summed E-state index contributed by atoms with van der Waals surface area (Å²) in [4.78, 5) is 14.6. The molecule has 0 spiro atoms. The lowest BCUT2D eigenvalue weighted by Crippen LogP contribution is -2.53. The van der Waals surface area contributed by atoms with Gasteiger partial charge in [0.1, 0.15) is 0 Å². The third kappa shape index (κ3) is 4.45. The van der Waals surface area contributed by atoms with Crippen molar-refractivity contribution >= 4 is 21.6 Å². The molecule has 0 radical (unpaired) electrons.